The average molecular weight is 511 g/mol. The maximum atomic E-state index is 12.5. The molecule has 0 saturated carbocycles. The summed E-state index contributed by atoms with van der Waals surface area (Å²) in [6.07, 6.45) is 1.78. The molecule has 0 unspecified atom stereocenters. The predicted molar refractivity (Wildman–Crippen MR) is 139 cm³/mol. The summed E-state index contributed by atoms with van der Waals surface area (Å²) in [5.74, 6) is 2.13. The van der Waals surface area contributed by atoms with Crippen LogP contribution in [0.1, 0.15) is 11.1 Å². The maximum Gasteiger partial charge on any atom is 0.264 e. The summed E-state index contributed by atoms with van der Waals surface area (Å²) >= 11 is 7.18. The molecule has 9 heteroatoms. The van der Waals surface area contributed by atoms with Crippen LogP contribution in [0.25, 0.3) is 6.08 Å². The molecule has 3 aromatic carbocycles. The van der Waals surface area contributed by atoms with Crippen LogP contribution in [-0.2, 0) is 11.4 Å². The van der Waals surface area contributed by atoms with Gasteiger partial charge in [-0.3, -0.25) is 4.79 Å². The highest BCUT2D eigenvalue weighted by Crippen LogP contribution is 2.35. The molecule has 0 aliphatic carbocycles. The first kappa shape index (κ1) is 24.5. The maximum absolute atomic E-state index is 12.5. The lowest BCUT2D eigenvalue weighted by molar-refractivity contribution is -0.115. The van der Waals surface area contributed by atoms with Crippen LogP contribution in [0.3, 0.4) is 0 Å². The number of nitrogens with zero attached hydrogens (tertiary/aromatic N) is 1. The molecule has 1 fully saturated rings. The van der Waals surface area contributed by atoms with Crippen molar-refractivity contribution in [3.8, 4) is 23.0 Å². The number of carbonyl (C=O) groups is 1. The highest BCUT2D eigenvalue weighted by Gasteiger charge is 2.24. The van der Waals surface area contributed by atoms with Crippen LogP contribution < -0.4 is 24.3 Å². The molecule has 1 N–H and O–H groups in total. The SMILES string of the molecule is COc1ccc(N=C2NC(=O)C(=Cc3ccc(OCc4ccc(Cl)cc4)c(OC)c3)S2)c(OC)c1. The van der Waals surface area contributed by atoms with Crippen molar-refractivity contribution in [3.63, 3.8) is 0 Å². The van der Waals surface area contributed by atoms with Crippen LogP contribution >= 0.6 is 23.4 Å². The van der Waals surface area contributed by atoms with Gasteiger partial charge in [-0.15, -0.1) is 0 Å². The van der Waals surface area contributed by atoms with Gasteiger partial charge in [0, 0.05) is 11.1 Å². The van der Waals surface area contributed by atoms with E-state index in [0.717, 1.165) is 11.1 Å². The number of benzene rings is 3. The van der Waals surface area contributed by atoms with Crippen LogP contribution in [0.4, 0.5) is 5.69 Å². The minimum Gasteiger partial charge on any atom is -0.497 e. The highest BCUT2D eigenvalue weighted by atomic mass is 35.5. The minimum atomic E-state index is -0.233. The third kappa shape index (κ3) is 6.09. The van der Waals surface area contributed by atoms with Gasteiger partial charge in [0.1, 0.15) is 23.8 Å². The summed E-state index contributed by atoms with van der Waals surface area (Å²) in [6, 6.07) is 18.2. The lowest BCUT2D eigenvalue weighted by atomic mass is 10.2. The Kier molecular flexibility index (Phi) is 7.84. The molecule has 35 heavy (non-hydrogen) atoms. The zero-order chi connectivity index (χ0) is 24.8. The van der Waals surface area contributed by atoms with Crippen molar-refractivity contribution in [1.82, 2.24) is 5.32 Å². The highest BCUT2D eigenvalue weighted by molar-refractivity contribution is 8.18. The van der Waals surface area contributed by atoms with Crippen molar-refractivity contribution in [2.45, 2.75) is 6.61 Å². The first-order valence-corrected chi connectivity index (χ1v) is 11.8. The number of nitrogens with one attached hydrogen (secondary N) is 1. The standard InChI is InChI=1S/C26H23ClN2O5S/c1-31-19-9-10-20(22(14-19)32-2)28-26-29-25(30)24(35-26)13-17-6-11-21(23(12-17)33-3)34-15-16-4-7-18(27)8-5-16/h4-14H,15H2,1-3H3,(H,28,29,30). The Labute approximate surface area is 212 Å². The molecule has 1 aliphatic heterocycles. The molecule has 0 spiro atoms. The van der Waals surface area contributed by atoms with E-state index in [0.29, 0.717) is 50.4 Å². The fourth-order valence-corrected chi connectivity index (χ4v) is 4.21. The van der Waals surface area contributed by atoms with Crippen LogP contribution in [0, 0.1) is 0 Å². The quantitative estimate of drug-likeness (QED) is 0.384. The van der Waals surface area contributed by atoms with E-state index in [2.05, 4.69) is 10.3 Å². The summed E-state index contributed by atoms with van der Waals surface area (Å²) in [5, 5.41) is 3.92. The number of methoxy groups -OCH3 is 3. The first-order chi connectivity index (χ1) is 17.0. The Balaban J connectivity index is 1.49. The number of rotatable bonds is 8. The Bertz CT molecular complexity index is 1290. The summed E-state index contributed by atoms with van der Waals surface area (Å²) in [6.45, 7) is 0.376. The monoisotopic (exact) mass is 510 g/mol. The van der Waals surface area contributed by atoms with Gasteiger partial charge in [-0.1, -0.05) is 29.8 Å². The van der Waals surface area contributed by atoms with Crippen LogP contribution in [0.15, 0.2) is 70.6 Å². The molecule has 7 nitrogen and oxygen atoms in total. The number of halogens is 1. The Hall–Kier alpha value is -3.62. The zero-order valence-electron chi connectivity index (χ0n) is 19.3. The van der Waals surface area contributed by atoms with Crippen LogP contribution in [0.2, 0.25) is 5.02 Å². The molecule has 180 valence electrons. The molecule has 0 aromatic heterocycles. The van der Waals surface area contributed by atoms with Gasteiger partial charge < -0.3 is 24.3 Å². The summed E-state index contributed by atoms with van der Waals surface area (Å²) < 4.78 is 22.0. The normalized spacial score (nSPS) is 15.3. The zero-order valence-corrected chi connectivity index (χ0v) is 20.9. The molecule has 0 bridgehead atoms. The smallest absolute Gasteiger partial charge is 0.264 e. The van der Waals surface area contributed by atoms with E-state index in [4.69, 9.17) is 30.5 Å². The van der Waals surface area contributed by atoms with E-state index in [1.807, 2.05) is 42.5 Å². The van der Waals surface area contributed by atoms with Crippen molar-refractivity contribution in [3.05, 3.63) is 81.7 Å². The number of amidine groups is 1. The van der Waals surface area contributed by atoms with Gasteiger partial charge >= 0.3 is 0 Å². The first-order valence-electron chi connectivity index (χ1n) is 10.6. The van der Waals surface area contributed by atoms with Crippen LogP contribution in [-0.4, -0.2) is 32.4 Å². The van der Waals surface area contributed by atoms with Crippen molar-refractivity contribution in [2.24, 2.45) is 4.99 Å². The second-order valence-corrected chi connectivity index (χ2v) is 8.81. The topological polar surface area (TPSA) is 78.4 Å². The Morgan fingerprint density at radius 1 is 0.914 bits per heavy atom. The van der Waals surface area contributed by atoms with Gasteiger partial charge in [-0.05, 0) is 65.4 Å². The van der Waals surface area contributed by atoms with E-state index in [1.165, 1.54) is 11.8 Å². The van der Waals surface area contributed by atoms with E-state index in [1.54, 1.807) is 45.6 Å². The molecule has 4 rings (SSSR count). The van der Waals surface area contributed by atoms with Gasteiger partial charge in [0.05, 0.1) is 26.2 Å². The second-order valence-electron chi connectivity index (χ2n) is 7.34. The Morgan fingerprint density at radius 3 is 2.40 bits per heavy atom. The number of amides is 1. The molecular formula is C26H23ClN2O5S. The minimum absolute atomic E-state index is 0.233. The molecule has 1 saturated heterocycles. The summed E-state index contributed by atoms with van der Waals surface area (Å²) in [5.41, 5.74) is 2.37. The van der Waals surface area contributed by atoms with Gasteiger partial charge in [0.2, 0.25) is 0 Å². The number of hydrogen-bond acceptors (Lipinski definition) is 7. The molecule has 1 aliphatic rings. The lowest BCUT2D eigenvalue weighted by Crippen LogP contribution is -2.19. The molecule has 1 heterocycles. The van der Waals surface area contributed by atoms with Crippen molar-refractivity contribution >= 4 is 46.2 Å². The molecule has 3 aromatic rings. The third-order valence-corrected chi connectivity index (χ3v) is 6.21. The number of hydrogen-bond donors (Lipinski definition) is 1. The number of ether oxygens (including phenoxy) is 4. The van der Waals surface area contributed by atoms with E-state index < -0.39 is 0 Å². The number of thioether (sulfide) groups is 1. The predicted octanol–water partition coefficient (Wildman–Crippen LogP) is 5.84. The van der Waals surface area contributed by atoms with E-state index in [9.17, 15) is 4.79 Å². The summed E-state index contributed by atoms with van der Waals surface area (Å²) in [4.78, 5) is 17.6. The van der Waals surface area contributed by atoms with Gasteiger partial charge in [0.25, 0.3) is 5.91 Å². The fraction of sp³-hybridized carbons (Fsp3) is 0.154. The lowest BCUT2D eigenvalue weighted by Gasteiger charge is -2.11. The Morgan fingerprint density at radius 2 is 1.69 bits per heavy atom. The average Bonchev–Trinajstić information content (AvgIpc) is 3.22. The number of carbonyl (C=O) groups excluding carboxylic acids is 1. The molecule has 0 atom stereocenters. The van der Waals surface area contributed by atoms with Crippen LogP contribution in [0.5, 0.6) is 23.0 Å². The molecular weight excluding hydrogens is 488 g/mol. The number of aliphatic imine (C=N–C) groups is 1. The fourth-order valence-electron chi connectivity index (χ4n) is 3.25. The van der Waals surface area contributed by atoms with E-state index in [-0.39, 0.29) is 5.91 Å². The van der Waals surface area contributed by atoms with Gasteiger partial charge in [-0.25, -0.2) is 4.99 Å². The van der Waals surface area contributed by atoms with Gasteiger partial charge in [-0.2, -0.15) is 0 Å². The summed E-state index contributed by atoms with van der Waals surface area (Å²) in [7, 11) is 4.71. The van der Waals surface area contributed by atoms with Crippen molar-refractivity contribution < 1.29 is 23.7 Å². The largest absolute Gasteiger partial charge is 0.497 e. The third-order valence-electron chi connectivity index (χ3n) is 5.05. The second kappa shape index (κ2) is 11.2. The van der Waals surface area contributed by atoms with Gasteiger partial charge in [0.15, 0.2) is 16.7 Å². The van der Waals surface area contributed by atoms with Crippen molar-refractivity contribution in [2.75, 3.05) is 21.3 Å². The van der Waals surface area contributed by atoms with E-state index >= 15 is 0 Å². The molecule has 1 amide bonds. The molecule has 0 radical (unpaired) electrons. The van der Waals surface area contributed by atoms with Crippen molar-refractivity contribution in [1.29, 1.82) is 0 Å².